The number of esters is 1. The average molecular weight is 709 g/mol. The Morgan fingerprint density at radius 2 is 1.85 bits per heavy atom. The highest BCUT2D eigenvalue weighted by molar-refractivity contribution is 5.94. The molecule has 1 aromatic heterocycles. The summed E-state index contributed by atoms with van der Waals surface area (Å²) in [5, 5.41) is 25.6. The summed E-state index contributed by atoms with van der Waals surface area (Å²) in [7, 11) is 5.35. The number of methoxy groups -OCH3 is 2. The number of nitrogens with zero attached hydrogens (tertiary/aromatic N) is 3. The van der Waals surface area contributed by atoms with Crippen LogP contribution >= 0.6 is 0 Å². The molecule has 0 amide bonds. The highest BCUT2D eigenvalue weighted by atomic mass is 16.5. The first-order chi connectivity index (χ1) is 24.8. The van der Waals surface area contributed by atoms with Gasteiger partial charge in [-0.25, -0.2) is 0 Å². The Hall–Kier alpha value is -3.37. The van der Waals surface area contributed by atoms with E-state index in [1.807, 2.05) is 13.0 Å². The predicted octanol–water partition coefficient (Wildman–Crippen LogP) is 5.15. The maximum atomic E-state index is 15.1. The van der Waals surface area contributed by atoms with E-state index in [1.54, 1.807) is 7.11 Å². The molecular formula is C43H56N4O5. The molecule has 0 radical (unpaired) electrons. The van der Waals surface area contributed by atoms with E-state index < -0.39 is 16.6 Å². The Kier molecular flexibility index (Phi) is 7.49. The number of aromatic nitrogens is 1. The molecule has 10 atom stereocenters. The van der Waals surface area contributed by atoms with Crippen molar-refractivity contribution in [3.8, 4) is 5.75 Å². The van der Waals surface area contributed by atoms with E-state index in [9.17, 15) is 10.2 Å². The molecule has 2 aromatic carbocycles. The van der Waals surface area contributed by atoms with E-state index >= 15 is 4.79 Å². The molecule has 3 N–H and O–H groups in total. The average Bonchev–Trinajstić information content (AvgIpc) is 3.78. The van der Waals surface area contributed by atoms with Gasteiger partial charge in [0.25, 0.3) is 0 Å². The Labute approximate surface area is 307 Å². The number of nitrogens with one attached hydrogen (secondary N) is 1. The molecule has 278 valence electrons. The minimum Gasteiger partial charge on any atom is -0.496 e. The van der Waals surface area contributed by atoms with Gasteiger partial charge in [0.05, 0.1) is 31.5 Å². The second kappa shape index (κ2) is 11.3. The Balaban J connectivity index is 1.36. The van der Waals surface area contributed by atoms with E-state index in [4.69, 9.17) is 9.47 Å². The quantitative estimate of drug-likeness (QED) is 0.253. The van der Waals surface area contributed by atoms with Gasteiger partial charge in [-0.15, -0.1) is 0 Å². The van der Waals surface area contributed by atoms with Gasteiger partial charge < -0.3 is 29.6 Å². The lowest BCUT2D eigenvalue weighted by molar-refractivity contribution is -0.148. The number of ether oxygens (including phenoxy) is 2. The van der Waals surface area contributed by atoms with Crippen LogP contribution in [0.2, 0.25) is 0 Å². The topological polar surface area (TPSA) is 102 Å². The number of piperidine rings is 1. The van der Waals surface area contributed by atoms with E-state index in [0.717, 1.165) is 78.9 Å². The number of benzene rings is 2. The summed E-state index contributed by atoms with van der Waals surface area (Å²) >= 11 is 0. The van der Waals surface area contributed by atoms with E-state index in [1.165, 1.54) is 12.7 Å². The second-order valence-electron chi connectivity index (χ2n) is 17.8. The van der Waals surface area contributed by atoms with Crippen LogP contribution in [0.25, 0.3) is 10.9 Å². The van der Waals surface area contributed by atoms with Crippen molar-refractivity contribution >= 4 is 22.6 Å². The standard InChI is InChI=1S/C43H56N4O5/c1-8-41-15-11-17-47-19-16-42(37(41)47)30-20-31(34(51-6)21-33(30)45(5)36(42)40(4,50)26(41)2)43(38(48)52-7)23-27-22-39(3,49)25-46(24-27)18-14-29-28-12-9-10-13-32(28)44-35(29)43/h9-13,15,20-21,26-27,36-37,44,49-50H,8,14,16-19,22-25H2,1-7H3/t26-,27?,36?,37?,39-,40+,41-,42?,43+/m0/s1. The molecule has 5 unspecified atom stereocenters. The summed E-state index contributed by atoms with van der Waals surface area (Å²) in [5.41, 5.74) is 2.34. The largest absolute Gasteiger partial charge is 0.496 e. The SMILES string of the molecule is CC[C@]12C=CCN3CCC4(c5cc([C@]6(C(=O)OC)CC7CN(CCc8c6[nH]c6ccccc86)C[C@@](C)(O)C7)c(OC)cc5N(C)C4[C@](C)(O)[C@@H]1C)C32. The molecular weight excluding hydrogens is 652 g/mol. The maximum Gasteiger partial charge on any atom is 0.322 e. The molecule has 6 heterocycles. The zero-order chi connectivity index (χ0) is 36.6. The van der Waals surface area contributed by atoms with Gasteiger partial charge in [-0.2, -0.15) is 0 Å². The van der Waals surface area contributed by atoms with Crippen LogP contribution in [0.4, 0.5) is 5.69 Å². The summed E-state index contributed by atoms with van der Waals surface area (Å²) in [6.45, 7) is 12.6. The van der Waals surface area contributed by atoms with Gasteiger partial charge in [0.15, 0.2) is 0 Å². The molecule has 9 rings (SSSR count). The smallest absolute Gasteiger partial charge is 0.322 e. The first-order valence-corrected chi connectivity index (χ1v) is 19.5. The molecule has 5 aliphatic heterocycles. The number of carbonyl (C=O) groups is 1. The minimum absolute atomic E-state index is 0.0150. The number of likely N-dealkylation sites (N-methyl/N-ethyl adjacent to an activating group) is 1. The summed E-state index contributed by atoms with van der Waals surface area (Å²) in [5.74, 6) is 0.358. The fourth-order valence-electron chi connectivity index (χ4n) is 13.4. The number of aromatic amines is 1. The molecule has 1 aliphatic carbocycles. The Bertz CT molecular complexity index is 1980. The van der Waals surface area contributed by atoms with Crippen LogP contribution in [0.3, 0.4) is 0 Å². The highest BCUT2D eigenvalue weighted by Gasteiger charge is 2.74. The number of hydrogen-bond donors (Lipinski definition) is 3. The molecule has 1 spiro atoms. The number of H-pyrrole nitrogens is 1. The van der Waals surface area contributed by atoms with E-state index in [0.29, 0.717) is 25.1 Å². The van der Waals surface area contributed by atoms with Gasteiger partial charge in [0.1, 0.15) is 11.2 Å². The highest BCUT2D eigenvalue weighted by Crippen LogP contribution is 2.69. The third kappa shape index (κ3) is 4.22. The lowest BCUT2D eigenvalue weighted by Gasteiger charge is -2.64. The molecule has 2 bridgehead atoms. The van der Waals surface area contributed by atoms with Crippen LogP contribution in [0.5, 0.6) is 5.75 Å². The first-order valence-electron chi connectivity index (χ1n) is 19.5. The molecule has 2 saturated heterocycles. The van der Waals surface area contributed by atoms with E-state index in [-0.39, 0.29) is 40.7 Å². The van der Waals surface area contributed by atoms with Crippen molar-refractivity contribution in [1.82, 2.24) is 14.8 Å². The fraction of sp³-hybridized carbons (Fsp3) is 0.605. The normalized spacial score (nSPS) is 40.6. The van der Waals surface area contributed by atoms with Crippen LogP contribution in [0.15, 0.2) is 48.6 Å². The van der Waals surface area contributed by atoms with Crippen molar-refractivity contribution in [2.24, 2.45) is 17.3 Å². The Morgan fingerprint density at radius 1 is 1.06 bits per heavy atom. The zero-order valence-electron chi connectivity index (χ0n) is 32.0. The molecule has 6 aliphatic rings. The second-order valence-corrected chi connectivity index (χ2v) is 17.8. The fourth-order valence-corrected chi connectivity index (χ4v) is 13.4. The number of para-hydroxylation sites is 1. The molecule has 3 fully saturated rings. The number of rotatable bonds is 4. The number of hydrogen-bond acceptors (Lipinski definition) is 8. The van der Waals surface area contributed by atoms with E-state index in [2.05, 4.69) is 90.0 Å². The van der Waals surface area contributed by atoms with Gasteiger partial charge in [0.2, 0.25) is 0 Å². The van der Waals surface area contributed by atoms with Crippen molar-refractivity contribution in [2.45, 2.75) is 93.9 Å². The lowest BCUT2D eigenvalue weighted by atomic mass is 9.45. The van der Waals surface area contributed by atoms with Crippen molar-refractivity contribution in [3.63, 3.8) is 0 Å². The van der Waals surface area contributed by atoms with Crippen LogP contribution in [-0.4, -0.2) is 108 Å². The van der Waals surface area contributed by atoms with Gasteiger partial charge in [0, 0.05) is 84.0 Å². The molecule has 1 saturated carbocycles. The minimum atomic E-state index is -1.25. The molecule has 3 aromatic rings. The summed E-state index contributed by atoms with van der Waals surface area (Å²) in [6.07, 6.45) is 8.38. The zero-order valence-corrected chi connectivity index (χ0v) is 32.0. The van der Waals surface area contributed by atoms with Crippen molar-refractivity contribution in [3.05, 3.63) is 70.9 Å². The van der Waals surface area contributed by atoms with Gasteiger partial charge in [-0.1, -0.05) is 44.2 Å². The van der Waals surface area contributed by atoms with Crippen LogP contribution in [0, 0.1) is 17.3 Å². The molecule has 9 nitrogen and oxygen atoms in total. The molecule has 52 heavy (non-hydrogen) atoms. The maximum absolute atomic E-state index is 15.1. The van der Waals surface area contributed by atoms with Gasteiger partial charge in [-0.05, 0) is 87.6 Å². The van der Waals surface area contributed by atoms with Gasteiger partial charge >= 0.3 is 5.97 Å². The van der Waals surface area contributed by atoms with Crippen LogP contribution in [-0.2, 0) is 26.8 Å². The van der Waals surface area contributed by atoms with Crippen LogP contribution in [0.1, 0.15) is 75.8 Å². The molecule has 9 heteroatoms. The first kappa shape index (κ1) is 34.4. The van der Waals surface area contributed by atoms with Crippen LogP contribution < -0.4 is 9.64 Å². The summed E-state index contributed by atoms with van der Waals surface area (Å²) < 4.78 is 12.3. The van der Waals surface area contributed by atoms with Crippen molar-refractivity contribution < 1.29 is 24.5 Å². The third-order valence-corrected chi connectivity index (χ3v) is 15.2. The number of carbonyl (C=O) groups excluding carboxylic acids is 1. The number of fused-ring (bicyclic) bond motifs is 6. The lowest BCUT2D eigenvalue weighted by Crippen LogP contribution is -2.75. The Morgan fingerprint density at radius 3 is 2.60 bits per heavy atom. The van der Waals surface area contributed by atoms with Crippen molar-refractivity contribution in [1.29, 1.82) is 0 Å². The van der Waals surface area contributed by atoms with Crippen molar-refractivity contribution in [2.75, 3.05) is 58.9 Å². The summed E-state index contributed by atoms with van der Waals surface area (Å²) in [6, 6.07) is 12.8. The third-order valence-electron chi connectivity index (χ3n) is 15.2. The van der Waals surface area contributed by atoms with Gasteiger partial charge in [-0.3, -0.25) is 14.6 Å². The number of aliphatic hydroxyl groups is 2. The monoisotopic (exact) mass is 708 g/mol. The number of anilines is 1. The summed E-state index contributed by atoms with van der Waals surface area (Å²) in [4.78, 5) is 26.3. The predicted molar refractivity (Wildman–Crippen MR) is 203 cm³/mol.